The summed E-state index contributed by atoms with van der Waals surface area (Å²) in [6, 6.07) is 29.0. The summed E-state index contributed by atoms with van der Waals surface area (Å²) in [5.74, 6) is 0. The molecule has 0 radical (unpaired) electrons. The molecule has 0 spiro atoms. The molecule has 5 aromatic heterocycles. The molecule has 0 saturated carbocycles. The molecule has 0 fully saturated rings. The van der Waals surface area contributed by atoms with E-state index in [1.54, 1.807) is 6.20 Å². The van der Waals surface area contributed by atoms with Crippen molar-refractivity contribution in [3.63, 3.8) is 0 Å². The van der Waals surface area contributed by atoms with Crippen LogP contribution in [0.5, 0.6) is 0 Å². The van der Waals surface area contributed by atoms with Gasteiger partial charge in [-0.15, -0.1) is 0 Å². The van der Waals surface area contributed by atoms with Gasteiger partial charge < -0.3 is 10.3 Å². The van der Waals surface area contributed by atoms with Crippen LogP contribution in [0.1, 0.15) is 11.1 Å². The number of pyridine rings is 3. The fourth-order valence-electron chi connectivity index (χ4n) is 4.98. The summed E-state index contributed by atoms with van der Waals surface area (Å²) >= 11 is 0. The molecule has 7 aromatic rings. The van der Waals surface area contributed by atoms with Crippen molar-refractivity contribution in [1.82, 2.24) is 35.5 Å². The van der Waals surface area contributed by atoms with Crippen LogP contribution in [0, 0.1) is 0 Å². The van der Waals surface area contributed by atoms with Crippen LogP contribution in [-0.2, 0) is 13.1 Å². The number of hydrogen-bond acceptors (Lipinski definition) is 5. The van der Waals surface area contributed by atoms with Crippen molar-refractivity contribution in [2.75, 3.05) is 0 Å². The van der Waals surface area contributed by atoms with Gasteiger partial charge in [0.2, 0.25) is 0 Å². The van der Waals surface area contributed by atoms with E-state index in [4.69, 9.17) is 4.98 Å². The number of aromatic nitrogens is 6. The minimum atomic E-state index is 0.725. The Labute approximate surface area is 225 Å². The average Bonchev–Trinajstić information content (AvgIpc) is 3.62. The number of nitrogens with one attached hydrogen (secondary N) is 3. The topological polar surface area (TPSA) is 95.2 Å². The van der Waals surface area contributed by atoms with E-state index in [0.29, 0.717) is 0 Å². The van der Waals surface area contributed by atoms with Crippen LogP contribution in [0.4, 0.5) is 0 Å². The summed E-state index contributed by atoms with van der Waals surface area (Å²) in [6.45, 7) is 1.53. The highest BCUT2D eigenvalue weighted by Crippen LogP contribution is 2.34. The highest BCUT2D eigenvalue weighted by atomic mass is 15.1. The van der Waals surface area contributed by atoms with Crippen LogP contribution in [0.2, 0.25) is 0 Å². The molecule has 188 valence electrons. The minimum absolute atomic E-state index is 0.725. The standard InChI is InChI=1S/C32H25N7/c1-2-6-21(7-3-1)16-34-17-22-14-24(20-35-18-22)27-11-12-29-31(37-27)32(39-38-29)30-15-26-25(9-4-10-28(26)36-30)23-8-5-13-33-19-23/h1-15,18-20,34,36H,16-17H2,(H,38,39). The van der Waals surface area contributed by atoms with E-state index in [1.165, 1.54) is 5.56 Å². The molecule has 0 saturated heterocycles. The Bertz CT molecular complexity index is 1890. The van der Waals surface area contributed by atoms with Crippen molar-refractivity contribution in [1.29, 1.82) is 0 Å². The van der Waals surface area contributed by atoms with Gasteiger partial charge in [-0.05, 0) is 53.1 Å². The molecule has 5 heterocycles. The summed E-state index contributed by atoms with van der Waals surface area (Å²) in [4.78, 5) is 17.3. The first-order chi connectivity index (χ1) is 19.3. The van der Waals surface area contributed by atoms with Crippen LogP contribution >= 0.6 is 0 Å². The zero-order valence-electron chi connectivity index (χ0n) is 21.1. The van der Waals surface area contributed by atoms with Crippen LogP contribution in [-0.4, -0.2) is 30.1 Å². The summed E-state index contributed by atoms with van der Waals surface area (Å²) in [6.07, 6.45) is 7.43. The van der Waals surface area contributed by atoms with Gasteiger partial charge in [0.1, 0.15) is 11.2 Å². The fourth-order valence-corrected chi connectivity index (χ4v) is 4.98. The maximum Gasteiger partial charge on any atom is 0.135 e. The lowest BCUT2D eigenvalue weighted by molar-refractivity contribution is 0.691. The van der Waals surface area contributed by atoms with Gasteiger partial charge in [-0.25, -0.2) is 4.98 Å². The fraction of sp³-hybridized carbons (Fsp3) is 0.0625. The third-order valence-corrected chi connectivity index (χ3v) is 6.89. The Hall–Kier alpha value is -5.14. The lowest BCUT2D eigenvalue weighted by Gasteiger charge is -2.07. The SMILES string of the molecule is c1ccc(CNCc2cncc(-c3ccc4[nH]nc(-c5cc6c(-c7cccnc7)cccc6[nH]5)c4n3)c2)cc1. The molecular weight excluding hydrogens is 482 g/mol. The number of nitrogens with zero attached hydrogens (tertiary/aromatic N) is 4. The van der Waals surface area contributed by atoms with Gasteiger partial charge in [0.05, 0.1) is 16.9 Å². The number of hydrogen-bond donors (Lipinski definition) is 3. The molecule has 0 bridgehead atoms. The van der Waals surface area contributed by atoms with Crippen LogP contribution in [0.25, 0.3) is 55.7 Å². The summed E-state index contributed by atoms with van der Waals surface area (Å²) < 4.78 is 0. The molecule has 0 atom stereocenters. The van der Waals surface area contributed by atoms with Gasteiger partial charge in [0.15, 0.2) is 0 Å². The van der Waals surface area contributed by atoms with E-state index in [1.807, 2.05) is 42.9 Å². The molecule has 0 aliphatic rings. The van der Waals surface area contributed by atoms with Gasteiger partial charge in [0, 0.05) is 59.9 Å². The maximum absolute atomic E-state index is 5.02. The third kappa shape index (κ3) is 4.56. The number of aromatic amines is 2. The van der Waals surface area contributed by atoms with Crippen molar-refractivity contribution in [3.05, 3.63) is 121 Å². The molecule has 7 nitrogen and oxygen atoms in total. The van der Waals surface area contributed by atoms with E-state index in [0.717, 1.165) is 74.4 Å². The van der Waals surface area contributed by atoms with Crippen molar-refractivity contribution < 1.29 is 0 Å². The third-order valence-electron chi connectivity index (χ3n) is 6.89. The van der Waals surface area contributed by atoms with Gasteiger partial charge >= 0.3 is 0 Å². The predicted octanol–water partition coefficient (Wildman–Crippen LogP) is 6.52. The molecule has 0 amide bonds. The average molecular weight is 508 g/mol. The highest BCUT2D eigenvalue weighted by molar-refractivity contribution is 6.00. The molecule has 3 N–H and O–H groups in total. The van der Waals surface area contributed by atoms with Gasteiger partial charge in [-0.1, -0.05) is 48.5 Å². The molecular formula is C32H25N7. The molecule has 7 heteroatoms. The number of benzene rings is 2. The normalized spacial score (nSPS) is 11.4. The van der Waals surface area contributed by atoms with E-state index >= 15 is 0 Å². The first kappa shape index (κ1) is 23.0. The Morgan fingerprint density at radius 3 is 2.49 bits per heavy atom. The molecule has 0 aliphatic carbocycles. The van der Waals surface area contributed by atoms with Crippen LogP contribution in [0.3, 0.4) is 0 Å². The number of H-pyrrole nitrogens is 2. The molecule has 0 unspecified atom stereocenters. The summed E-state index contributed by atoms with van der Waals surface area (Å²) in [5.41, 5.74) is 10.8. The lowest BCUT2D eigenvalue weighted by atomic mass is 10.0. The quantitative estimate of drug-likeness (QED) is 0.228. The summed E-state index contributed by atoms with van der Waals surface area (Å²) in [7, 11) is 0. The zero-order chi connectivity index (χ0) is 26.0. The number of fused-ring (bicyclic) bond motifs is 2. The molecule has 39 heavy (non-hydrogen) atoms. The van der Waals surface area contributed by atoms with Crippen molar-refractivity contribution in [2.24, 2.45) is 0 Å². The smallest absolute Gasteiger partial charge is 0.135 e. The predicted molar refractivity (Wildman–Crippen MR) is 155 cm³/mol. The molecule has 2 aromatic carbocycles. The Balaban J connectivity index is 1.20. The Morgan fingerprint density at radius 2 is 1.59 bits per heavy atom. The van der Waals surface area contributed by atoms with E-state index in [2.05, 4.69) is 91.1 Å². The van der Waals surface area contributed by atoms with Gasteiger partial charge in [-0.3, -0.25) is 15.1 Å². The lowest BCUT2D eigenvalue weighted by Crippen LogP contribution is -2.12. The monoisotopic (exact) mass is 507 g/mol. The van der Waals surface area contributed by atoms with E-state index in [-0.39, 0.29) is 0 Å². The van der Waals surface area contributed by atoms with E-state index in [9.17, 15) is 0 Å². The number of rotatable bonds is 7. The Morgan fingerprint density at radius 1 is 0.692 bits per heavy atom. The first-order valence-electron chi connectivity index (χ1n) is 12.9. The van der Waals surface area contributed by atoms with Crippen molar-refractivity contribution in [2.45, 2.75) is 13.1 Å². The first-order valence-corrected chi connectivity index (χ1v) is 12.9. The maximum atomic E-state index is 5.02. The minimum Gasteiger partial charge on any atom is -0.353 e. The van der Waals surface area contributed by atoms with Crippen LogP contribution < -0.4 is 5.32 Å². The molecule has 0 aliphatic heterocycles. The summed E-state index contributed by atoms with van der Waals surface area (Å²) in [5, 5.41) is 12.4. The highest BCUT2D eigenvalue weighted by Gasteiger charge is 2.15. The van der Waals surface area contributed by atoms with E-state index < -0.39 is 0 Å². The Kier molecular flexibility index (Phi) is 5.88. The second-order valence-electron chi connectivity index (χ2n) is 9.53. The van der Waals surface area contributed by atoms with Gasteiger partial charge in [-0.2, -0.15) is 5.10 Å². The zero-order valence-corrected chi connectivity index (χ0v) is 21.1. The molecule has 7 rings (SSSR count). The van der Waals surface area contributed by atoms with Gasteiger partial charge in [0.25, 0.3) is 0 Å². The van der Waals surface area contributed by atoms with Crippen LogP contribution in [0.15, 0.2) is 110 Å². The second-order valence-corrected chi connectivity index (χ2v) is 9.53. The van der Waals surface area contributed by atoms with Crippen molar-refractivity contribution in [3.8, 4) is 33.8 Å². The van der Waals surface area contributed by atoms with Crippen molar-refractivity contribution >= 4 is 21.9 Å². The largest absolute Gasteiger partial charge is 0.353 e. The second kappa shape index (κ2) is 9.96.